The highest BCUT2D eigenvalue weighted by Crippen LogP contribution is 2.19. The van der Waals surface area contributed by atoms with E-state index in [1.165, 1.54) is 36.7 Å². The molecule has 32 heavy (non-hydrogen) atoms. The summed E-state index contributed by atoms with van der Waals surface area (Å²) < 4.78 is 29.1. The van der Waals surface area contributed by atoms with Crippen molar-refractivity contribution in [2.24, 2.45) is 0 Å². The first-order valence-electron chi connectivity index (χ1n) is 9.67. The molecule has 1 amide bonds. The topological polar surface area (TPSA) is 119 Å². The first-order valence-corrected chi connectivity index (χ1v) is 11.2. The number of hydrogen-bond acceptors (Lipinski definition) is 6. The molecule has 0 aliphatic carbocycles. The molecule has 0 fully saturated rings. The first-order chi connectivity index (χ1) is 15.3. The van der Waals surface area contributed by atoms with E-state index in [0.717, 1.165) is 5.69 Å². The number of sulfonamides is 1. The lowest BCUT2D eigenvalue weighted by atomic mass is 10.2. The lowest BCUT2D eigenvalue weighted by Crippen LogP contribution is -2.16. The SMILES string of the molecule is Cc1ccnc(NS(=O)(=O)c2ccc(NC(=O)c3cnn(-c4ccccc4)c3C)cc2)n1. The number of nitrogens with zero attached hydrogens (tertiary/aromatic N) is 4. The molecule has 0 aliphatic rings. The zero-order valence-electron chi connectivity index (χ0n) is 17.4. The number of para-hydroxylation sites is 1. The van der Waals surface area contributed by atoms with E-state index in [4.69, 9.17) is 0 Å². The Morgan fingerprint density at radius 1 is 0.969 bits per heavy atom. The number of anilines is 2. The standard InChI is InChI=1S/C22H20N6O3S/c1-15-12-13-23-22(25-15)27-32(30,31)19-10-8-17(9-11-19)26-21(29)20-14-24-28(16(20)2)18-6-4-3-5-7-18/h3-14H,1-2H3,(H,26,29)(H,23,25,27). The molecular formula is C22H20N6O3S. The molecule has 0 saturated carbocycles. The second kappa shape index (κ2) is 8.60. The van der Waals surface area contributed by atoms with E-state index in [9.17, 15) is 13.2 Å². The second-order valence-corrected chi connectivity index (χ2v) is 8.68. The van der Waals surface area contributed by atoms with Gasteiger partial charge in [0.05, 0.1) is 28.0 Å². The molecule has 0 radical (unpaired) electrons. The molecule has 2 aromatic carbocycles. The maximum Gasteiger partial charge on any atom is 0.264 e. The van der Waals surface area contributed by atoms with Gasteiger partial charge in [-0.2, -0.15) is 5.10 Å². The lowest BCUT2D eigenvalue weighted by molar-refractivity contribution is 0.102. The van der Waals surface area contributed by atoms with Crippen LogP contribution in [-0.4, -0.2) is 34.1 Å². The van der Waals surface area contributed by atoms with Crippen LogP contribution in [0.4, 0.5) is 11.6 Å². The molecule has 9 nitrogen and oxygen atoms in total. The summed E-state index contributed by atoms with van der Waals surface area (Å²) in [5.74, 6) is -0.347. The Labute approximate surface area is 185 Å². The van der Waals surface area contributed by atoms with Crippen LogP contribution in [0.15, 0.2) is 78.0 Å². The van der Waals surface area contributed by atoms with Crippen LogP contribution in [0.1, 0.15) is 21.7 Å². The normalized spacial score (nSPS) is 11.2. The van der Waals surface area contributed by atoms with Gasteiger partial charge in [0.15, 0.2) is 0 Å². The molecule has 0 saturated heterocycles. The van der Waals surface area contributed by atoms with Gasteiger partial charge in [-0.3, -0.25) is 4.79 Å². The summed E-state index contributed by atoms with van der Waals surface area (Å²) in [4.78, 5) is 20.7. The minimum Gasteiger partial charge on any atom is -0.322 e. The van der Waals surface area contributed by atoms with Crippen LogP contribution in [-0.2, 0) is 10.0 Å². The van der Waals surface area contributed by atoms with E-state index in [2.05, 4.69) is 25.1 Å². The molecule has 4 aromatic rings. The van der Waals surface area contributed by atoms with Crippen molar-refractivity contribution in [2.75, 3.05) is 10.0 Å². The summed E-state index contributed by atoms with van der Waals surface area (Å²) in [7, 11) is -3.86. The van der Waals surface area contributed by atoms with E-state index in [1.807, 2.05) is 37.3 Å². The smallest absolute Gasteiger partial charge is 0.264 e. The zero-order valence-corrected chi connectivity index (χ0v) is 18.2. The predicted molar refractivity (Wildman–Crippen MR) is 120 cm³/mol. The van der Waals surface area contributed by atoms with Crippen molar-refractivity contribution in [3.05, 3.63) is 90.0 Å². The molecule has 0 unspecified atom stereocenters. The average molecular weight is 449 g/mol. The summed E-state index contributed by atoms with van der Waals surface area (Å²) in [6, 6.07) is 17.0. The van der Waals surface area contributed by atoms with Crippen molar-refractivity contribution in [2.45, 2.75) is 18.7 Å². The van der Waals surface area contributed by atoms with Crippen LogP contribution in [0, 0.1) is 13.8 Å². The van der Waals surface area contributed by atoms with Crippen LogP contribution in [0.3, 0.4) is 0 Å². The Hall–Kier alpha value is -4.05. The Morgan fingerprint density at radius 2 is 1.69 bits per heavy atom. The fourth-order valence-electron chi connectivity index (χ4n) is 3.06. The van der Waals surface area contributed by atoms with E-state index >= 15 is 0 Å². The highest BCUT2D eigenvalue weighted by Gasteiger charge is 2.18. The van der Waals surface area contributed by atoms with E-state index in [1.54, 1.807) is 17.7 Å². The van der Waals surface area contributed by atoms with Crippen molar-refractivity contribution in [3.8, 4) is 5.69 Å². The van der Waals surface area contributed by atoms with Crippen molar-refractivity contribution in [1.82, 2.24) is 19.7 Å². The molecule has 162 valence electrons. The van der Waals surface area contributed by atoms with E-state index in [-0.39, 0.29) is 16.8 Å². The number of aromatic nitrogens is 4. The zero-order chi connectivity index (χ0) is 22.7. The third-order valence-corrected chi connectivity index (χ3v) is 6.04. The molecule has 2 N–H and O–H groups in total. The molecular weight excluding hydrogens is 428 g/mol. The van der Waals surface area contributed by atoms with Crippen molar-refractivity contribution >= 4 is 27.6 Å². The minimum atomic E-state index is -3.86. The Balaban J connectivity index is 1.48. The van der Waals surface area contributed by atoms with Gasteiger partial charge in [0.25, 0.3) is 15.9 Å². The third-order valence-electron chi connectivity index (χ3n) is 4.70. The van der Waals surface area contributed by atoms with Crippen LogP contribution in [0.2, 0.25) is 0 Å². The van der Waals surface area contributed by atoms with Gasteiger partial charge in [-0.1, -0.05) is 18.2 Å². The van der Waals surface area contributed by atoms with E-state index in [0.29, 0.717) is 22.6 Å². The van der Waals surface area contributed by atoms with Gasteiger partial charge in [-0.05, 0) is 56.3 Å². The summed E-state index contributed by atoms with van der Waals surface area (Å²) in [5.41, 5.74) is 3.05. The molecule has 0 aliphatic heterocycles. The van der Waals surface area contributed by atoms with Crippen LogP contribution < -0.4 is 10.0 Å². The molecule has 10 heteroatoms. The lowest BCUT2D eigenvalue weighted by Gasteiger charge is -2.09. The number of rotatable bonds is 6. The molecule has 2 aromatic heterocycles. The van der Waals surface area contributed by atoms with Crippen molar-refractivity contribution < 1.29 is 13.2 Å². The fourth-order valence-corrected chi connectivity index (χ4v) is 4.01. The molecule has 0 spiro atoms. The van der Waals surface area contributed by atoms with Crippen molar-refractivity contribution in [3.63, 3.8) is 0 Å². The van der Waals surface area contributed by atoms with Gasteiger partial charge in [0, 0.05) is 17.6 Å². The Kier molecular flexibility index (Phi) is 5.69. The monoisotopic (exact) mass is 448 g/mol. The maximum absolute atomic E-state index is 12.7. The van der Waals surface area contributed by atoms with Gasteiger partial charge in [0.2, 0.25) is 5.95 Å². The Bertz CT molecular complexity index is 1370. The van der Waals surface area contributed by atoms with Crippen LogP contribution in [0.25, 0.3) is 5.69 Å². The predicted octanol–water partition coefficient (Wildman–Crippen LogP) is 3.33. The number of carbonyl (C=O) groups is 1. The molecule has 0 atom stereocenters. The quantitative estimate of drug-likeness (QED) is 0.467. The van der Waals surface area contributed by atoms with Crippen molar-refractivity contribution in [1.29, 1.82) is 0 Å². The van der Waals surface area contributed by atoms with Crippen LogP contribution in [0.5, 0.6) is 0 Å². The summed E-state index contributed by atoms with van der Waals surface area (Å²) in [6.07, 6.45) is 2.98. The maximum atomic E-state index is 12.7. The number of carbonyl (C=O) groups excluding carboxylic acids is 1. The van der Waals surface area contributed by atoms with Crippen LogP contribution >= 0.6 is 0 Å². The summed E-state index contributed by atoms with van der Waals surface area (Å²) in [6.45, 7) is 3.55. The third kappa shape index (κ3) is 4.49. The number of benzene rings is 2. The minimum absolute atomic E-state index is 0.00622. The van der Waals surface area contributed by atoms with Gasteiger partial charge >= 0.3 is 0 Å². The van der Waals surface area contributed by atoms with Gasteiger partial charge in [-0.15, -0.1) is 0 Å². The van der Waals surface area contributed by atoms with Gasteiger partial charge < -0.3 is 5.32 Å². The number of amides is 1. The largest absolute Gasteiger partial charge is 0.322 e. The first kappa shape index (κ1) is 21.2. The highest BCUT2D eigenvalue weighted by molar-refractivity contribution is 7.92. The Morgan fingerprint density at radius 3 is 2.38 bits per heavy atom. The second-order valence-electron chi connectivity index (χ2n) is 7.00. The molecule has 0 bridgehead atoms. The average Bonchev–Trinajstić information content (AvgIpc) is 3.16. The number of nitrogens with one attached hydrogen (secondary N) is 2. The molecule has 4 rings (SSSR count). The summed E-state index contributed by atoms with van der Waals surface area (Å²) in [5, 5.41) is 7.06. The highest BCUT2D eigenvalue weighted by atomic mass is 32.2. The van der Waals surface area contributed by atoms with Gasteiger partial charge in [0.1, 0.15) is 0 Å². The fraction of sp³-hybridized carbons (Fsp3) is 0.0909. The van der Waals surface area contributed by atoms with Gasteiger partial charge in [-0.25, -0.2) is 27.8 Å². The number of hydrogen-bond donors (Lipinski definition) is 2. The summed E-state index contributed by atoms with van der Waals surface area (Å²) >= 11 is 0. The molecule has 2 heterocycles. The van der Waals surface area contributed by atoms with E-state index < -0.39 is 10.0 Å². The number of aryl methyl sites for hydroxylation is 1.